The van der Waals surface area contributed by atoms with Crippen molar-refractivity contribution in [2.75, 3.05) is 32.7 Å². The maximum absolute atomic E-state index is 10.6. The van der Waals surface area contributed by atoms with Gasteiger partial charge in [0.05, 0.1) is 13.1 Å². The number of benzene rings is 1. The average molecular weight is 235 g/mol. The summed E-state index contributed by atoms with van der Waals surface area (Å²) >= 11 is 0. The molecule has 0 radical (unpaired) electrons. The van der Waals surface area contributed by atoms with Crippen molar-refractivity contribution in [3.63, 3.8) is 0 Å². The maximum atomic E-state index is 10.6. The van der Waals surface area contributed by atoms with Crippen molar-refractivity contribution < 1.29 is 5.03 Å². The van der Waals surface area contributed by atoms with Gasteiger partial charge in [0.2, 0.25) is 0 Å². The van der Waals surface area contributed by atoms with Crippen LogP contribution >= 0.6 is 0 Å². The number of nitro groups is 1. The van der Waals surface area contributed by atoms with E-state index in [0.29, 0.717) is 13.1 Å². The zero-order valence-corrected chi connectivity index (χ0v) is 9.79. The molecule has 1 aliphatic rings. The van der Waals surface area contributed by atoms with Crippen LogP contribution in [0.15, 0.2) is 30.3 Å². The van der Waals surface area contributed by atoms with Gasteiger partial charge in [0.1, 0.15) is 0 Å². The Bertz CT molecular complexity index is 361. The Morgan fingerprint density at radius 1 is 1.12 bits per heavy atom. The third-order valence-corrected chi connectivity index (χ3v) is 3.14. The predicted octanol–water partition coefficient (Wildman–Crippen LogP) is 1.04. The van der Waals surface area contributed by atoms with Crippen LogP contribution in [0.2, 0.25) is 0 Å². The van der Waals surface area contributed by atoms with E-state index in [-0.39, 0.29) is 5.03 Å². The largest absolute Gasteiger partial charge is 0.299 e. The third-order valence-electron chi connectivity index (χ3n) is 3.14. The smallest absolute Gasteiger partial charge is 0.160 e. The molecule has 17 heavy (non-hydrogen) atoms. The highest BCUT2D eigenvalue weighted by Gasteiger charge is 2.22. The molecule has 0 amide bonds. The van der Waals surface area contributed by atoms with Crippen LogP contribution in [0.1, 0.15) is 5.56 Å². The minimum Gasteiger partial charge on any atom is -0.299 e. The summed E-state index contributed by atoms with van der Waals surface area (Å²) in [6.45, 7) is 3.61. The van der Waals surface area contributed by atoms with Crippen LogP contribution in [0.4, 0.5) is 0 Å². The van der Waals surface area contributed by atoms with Gasteiger partial charge in [0.15, 0.2) is 5.03 Å². The summed E-state index contributed by atoms with van der Waals surface area (Å²) in [5, 5.41) is 11.5. The van der Waals surface area contributed by atoms with Crippen molar-refractivity contribution in [2.24, 2.45) is 0 Å². The Morgan fingerprint density at radius 3 is 2.35 bits per heavy atom. The Labute approximate surface area is 101 Å². The molecule has 1 aromatic carbocycles. The van der Waals surface area contributed by atoms with Crippen molar-refractivity contribution in [1.82, 2.24) is 9.91 Å². The summed E-state index contributed by atoms with van der Waals surface area (Å²) in [4.78, 5) is 12.8. The number of hydrazine groups is 1. The highest BCUT2D eigenvalue weighted by Crippen LogP contribution is 2.05. The Balaban J connectivity index is 1.74. The van der Waals surface area contributed by atoms with Crippen LogP contribution in [0.3, 0.4) is 0 Å². The third kappa shape index (κ3) is 3.42. The molecule has 1 aliphatic heterocycles. The summed E-state index contributed by atoms with van der Waals surface area (Å²) in [5.41, 5.74) is 1.32. The number of hydrogen-bond donors (Lipinski definition) is 0. The quantitative estimate of drug-likeness (QED) is 0.578. The van der Waals surface area contributed by atoms with Crippen molar-refractivity contribution in [3.8, 4) is 0 Å². The molecular formula is C12H17N3O2. The Kier molecular flexibility index (Phi) is 3.93. The van der Waals surface area contributed by atoms with Crippen molar-refractivity contribution in [1.29, 1.82) is 0 Å². The second kappa shape index (κ2) is 5.63. The first-order chi connectivity index (χ1) is 8.25. The van der Waals surface area contributed by atoms with Gasteiger partial charge in [-0.3, -0.25) is 4.90 Å². The summed E-state index contributed by atoms with van der Waals surface area (Å²) < 4.78 is 0. The first-order valence-electron chi connectivity index (χ1n) is 5.91. The van der Waals surface area contributed by atoms with Crippen molar-refractivity contribution in [2.45, 2.75) is 6.42 Å². The second-order valence-corrected chi connectivity index (χ2v) is 4.27. The summed E-state index contributed by atoms with van der Waals surface area (Å²) in [6.07, 6.45) is 1.01. The van der Waals surface area contributed by atoms with Crippen molar-refractivity contribution >= 4 is 0 Å². The fourth-order valence-corrected chi connectivity index (χ4v) is 2.06. The van der Waals surface area contributed by atoms with Gasteiger partial charge in [0.25, 0.3) is 0 Å². The first-order valence-corrected chi connectivity index (χ1v) is 5.91. The molecule has 1 fully saturated rings. The number of nitrogens with zero attached hydrogens (tertiary/aromatic N) is 3. The molecule has 0 aromatic heterocycles. The molecule has 1 saturated heterocycles. The molecule has 5 heteroatoms. The predicted molar refractivity (Wildman–Crippen MR) is 65.2 cm³/mol. The number of rotatable bonds is 4. The number of piperazine rings is 1. The van der Waals surface area contributed by atoms with Crippen LogP contribution in [0.5, 0.6) is 0 Å². The molecular weight excluding hydrogens is 218 g/mol. The summed E-state index contributed by atoms with van der Waals surface area (Å²) in [6, 6.07) is 10.3. The van der Waals surface area contributed by atoms with Crippen molar-refractivity contribution in [3.05, 3.63) is 46.0 Å². The van der Waals surface area contributed by atoms with Gasteiger partial charge in [0, 0.05) is 19.6 Å². The second-order valence-electron chi connectivity index (χ2n) is 4.27. The molecule has 2 rings (SSSR count). The molecule has 0 N–H and O–H groups in total. The first kappa shape index (κ1) is 11.9. The molecule has 0 aliphatic carbocycles. The van der Waals surface area contributed by atoms with Gasteiger partial charge in [-0.2, -0.15) is 0 Å². The van der Waals surface area contributed by atoms with E-state index in [4.69, 9.17) is 0 Å². The van der Waals surface area contributed by atoms with Gasteiger partial charge >= 0.3 is 0 Å². The lowest BCUT2D eigenvalue weighted by atomic mass is 10.1. The number of hydrogen-bond acceptors (Lipinski definition) is 3. The van der Waals surface area contributed by atoms with E-state index >= 15 is 0 Å². The fraction of sp³-hybridized carbons (Fsp3) is 0.500. The highest BCUT2D eigenvalue weighted by atomic mass is 16.7. The summed E-state index contributed by atoms with van der Waals surface area (Å²) in [5.74, 6) is 0. The summed E-state index contributed by atoms with van der Waals surface area (Å²) in [7, 11) is 0. The normalized spacial score (nSPS) is 17.1. The van der Waals surface area contributed by atoms with Crippen LogP contribution in [-0.2, 0) is 6.42 Å². The van der Waals surface area contributed by atoms with Gasteiger partial charge < -0.3 is 0 Å². The monoisotopic (exact) mass is 235 g/mol. The zero-order chi connectivity index (χ0) is 12.1. The van der Waals surface area contributed by atoms with E-state index in [1.165, 1.54) is 10.6 Å². The topological polar surface area (TPSA) is 49.6 Å². The molecule has 1 aromatic rings. The molecule has 1 heterocycles. The van der Waals surface area contributed by atoms with Crippen LogP contribution in [-0.4, -0.2) is 47.7 Å². The Hall–Kier alpha value is -1.62. The molecule has 92 valence electrons. The molecule has 0 unspecified atom stereocenters. The Morgan fingerprint density at radius 2 is 1.76 bits per heavy atom. The molecule has 5 nitrogen and oxygen atoms in total. The average Bonchev–Trinajstić information content (AvgIpc) is 2.38. The molecule has 0 saturated carbocycles. The van der Waals surface area contributed by atoms with Crippen LogP contribution < -0.4 is 0 Å². The SMILES string of the molecule is O=[N+]([O-])N1CCN(CCc2ccccc2)CC1. The van der Waals surface area contributed by atoms with E-state index < -0.39 is 0 Å². The zero-order valence-electron chi connectivity index (χ0n) is 9.79. The van der Waals surface area contributed by atoms with E-state index in [2.05, 4.69) is 17.0 Å². The maximum Gasteiger partial charge on any atom is 0.160 e. The van der Waals surface area contributed by atoms with Crippen LogP contribution in [0.25, 0.3) is 0 Å². The molecule has 0 spiro atoms. The van der Waals surface area contributed by atoms with E-state index in [1.54, 1.807) is 0 Å². The lowest BCUT2D eigenvalue weighted by Crippen LogP contribution is -2.48. The van der Waals surface area contributed by atoms with Gasteiger partial charge in [-0.1, -0.05) is 30.3 Å². The van der Waals surface area contributed by atoms with E-state index in [0.717, 1.165) is 26.1 Å². The highest BCUT2D eigenvalue weighted by molar-refractivity contribution is 5.14. The standard InChI is InChI=1S/C12H17N3O2/c16-15(17)14-10-8-13(9-11-14)7-6-12-4-2-1-3-5-12/h1-5H,6-11H2. The minimum atomic E-state index is -0.297. The van der Waals surface area contributed by atoms with Gasteiger partial charge in [-0.25, -0.2) is 10.1 Å². The van der Waals surface area contributed by atoms with Gasteiger partial charge in [-0.15, -0.1) is 5.01 Å². The molecule has 0 atom stereocenters. The minimum absolute atomic E-state index is 0.297. The van der Waals surface area contributed by atoms with Crippen LogP contribution in [0, 0.1) is 10.1 Å². The molecule has 0 bridgehead atoms. The van der Waals surface area contributed by atoms with E-state index in [1.807, 2.05) is 18.2 Å². The van der Waals surface area contributed by atoms with Gasteiger partial charge in [-0.05, 0) is 12.0 Å². The lowest BCUT2D eigenvalue weighted by Gasteiger charge is -2.29. The lowest BCUT2D eigenvalue weighted by molar-refractivity contribution is -0.657. The van der Waals surface area contributed by atoms with E-state index in [9.17, 15) is 10.1 Å². The fourth-order valence-electron chi connectivity index (χ4n) is 2.06.